The van der Waals surface area contributed by atoms with Crippen molar-refractivity contribution >= 4 is 22.8 Å². The standard InChI is InChI=1S/C5H7N2OS.C2H5.Y/c1-2-3-4(8)7-5(6)9-3;1-2;/h3H,1-2H2,(H2,6,7,8);1H2,2H3;/q2*-1;. The van der Waals surface area contributed by atoms with E-state index in [2.05, 4.69) is 18.8 Å². The van der Waals surface area contributed by atoms with Crippen LogP contribution in [0.5, 0.6) is 0 Å². The Hall–Kier alpha value is 0.594. The average molecular weight is 261 g/mol. The number of hydrogen-bond donors (Lipinski definition) is 1. The van der Waals surface area contributed by atoms with Gasteiger partial charge in [-0.05, 0) is 0 Å². The SMILES string of the molecule is [CH2-]C.[CH2-]CC1SC(N)=NC1=O.[Y]. The molecule has 1 amide bonds. The van der Waals surface area contributed by atoms with E-state index in [1.807, 2.05) is 0 Å². The van der Waals surface area contributed by atoms with Crippen LogP contribution in [0, 0.1) is 13.8 Å². The van der Waals surface area contributed by atoms with Gasteiger partial charge < -0.3 is 19.6 Å². The van der Waals surface area contributed by atoms with E-state index < -0.39 is 0 Å². The van der Waals surface area contributed by atoms with Crippen molar-refractivity contribution in [3.8, 4) is 0 Å². The van der Waals surface area contributed by atoms with Crippen LogP contribution in [0.2, 0.25) is 0 Å². The number of aliphatic imine (C=N–C) groups is 1. The normalized spacial score (nSPS) is 20.4. The first-order valence-electron chi connectivity index (χ1n) is 3.28. The van der Waals surface area contributed by atoms with Gasteiger partial charge in [0.25, 0.3) is 5.91 Å². The Morgan fingerprint density at radius 1 is 1.67 bits per heavy atom. The quantitative estimate of drug-likeness (QED) is 0.716. The molecule has 0 aromatic rings. The summed E-state index contributed by atoms with van der Waals surface area (Å²) in [5.74, 6) is -0.146. The van der Waals surface area contributed by atoms with Gasteiger partial charge in [0.2, 0.25) is 0 Å². The predicted octanol–water partition coefficient (Wildman–Crippen LogP) is 1.01. The summed E-state index contributed by atoms with van der Waals surface area (Å²) in [6, 6.07) is 0. The van der Waals surface area contributed by atoms with Crippen LogP contribution in [0.4, 0.5) is 0 Å². The summed E-state index contributed by atoms with van der Waals surface area (Å²) in [6.07, 6.45) is 0.563. The number of amidine groups is 1. The van der Waals surface area contributed by atoms with Gasteiger partial charge in [-0.2, -0.15) is 18.3 Å². The van der Waals surface area contributed by atoms with E-state index in [1.54, 1.807) is 6.92 Å². The van der Waals surface area contributed by atoms with Crippen molar-refractivity contribution < 1.29 is 37.5 Å². The number of nitrogens with zero attached hydrogens (tertiary/aromatic N) is 1. The molecule has 0 aromatic heterocycles. The monoisotopic (exact) mass is 261 g/mol. The molecule has 0 saturated heterocycles. The van der Waals surface area contributed by atoms with Gasteiger partial charge in [-0.25, -0.2) is 0 Å². The maximum Gasteiger partial charge on any atom is 0.259 e. The maximum atomic E-state index is 10.7. The third kappa shape index (κ3) is 4.58. The number of rotatable bonds is 1. The molecule has 1 rings (SSSR count). The van der Waals surface area contributed by atoms with Gasteiger partial charge in [-0.1, -0.05) is 11.8 Å². The van der Waals surface area contributed by atoms with E-state index in [9.17, 15) is 4.79 Å². The molecule has 0 spiro atoms. The minimum atomic E-state index is -0.146. The van der Waals surface area contributed by atoms with Crippen LogP contribution in [-0.2, 0) is 37.5 Å². The molecule has 0 saturated carbocycles. The molecule has 1 aliphatic heterocycles. The fourth-order valence-corrected chi connectivity index (χ4v) is 1.29. The van der Waals surface area contributed by atoms with Crippen molar-refractivity contribution in [1.29, 1.82) is 0 Å². The Kier molecular flexibility index (Phi) is 10.3. The first-order chi connectivity index (χ1) is 5.24. The predicted molar refractivity (Wildman–Crippen MR) is 49.0 cm³/mol. The first kappa shape index (κ1) is 15.1. The molecule has 3 nitrogen and oxygen atoms in total. The summed E-state index contributed by atoms with van der Waals surface area (Å²) < 4.78 is 0. The summed E-state index contributed by atoms with van der Waals surface area (Å²) in [7, 11) is 0. The van der Waals surface area contributed by atoms with E-state index in [-0.39, 0.29) is 43.9 Å². The van der Waals surface area contributed by atoms with E-state index in [0.717, 1.165) is 0 Å². The van der Waals surface area contributed by atoms with Gasteiger partial charge in [0.1, 0.15) is 0 Å². The first-order valence-corrected chi connectivity index (χ1v) is 4.16. The van der Waals surface area contributed by atoms with Crippen molar-refractivity contribution in [2.24, 2.45) is 10.7 Å². The molecule has 1 radical (unpaired) electrons. The fourth-order valence-electron chi connectivity index (χ4n) is 0.586. The minimum Gasteiger partial charge on any atom is -0.378 e. The van der Waals surface area contributed by atoms with Crippen molar-refractivity contribution in [2.45, 2.75) is 18.6 Å². The van der Waals surface area contributed by atoms with Gasteiger partial charge in [-0.3, -0.25) is 4.79 Å². The molecule has 1 atom stereocenters. The molecule has 12 heavy (non-hydrogen) atoms. The summed E-state index contributed by atoms with van der Waals surface area (Å²) in [4.78, 5) is 14.2. The van der Waals surface area contributed by atoms with Crippen LogP contribution in [-0.4, -0.2) is 16.3 Å². The van der Waals surface area contributed by atoms with E-state index in [4.69, 9.17) is 5.73 Å². The zero-order chi connectivity index (χ0) is 8.85. The molecular weight excluding hydrogens is 249 g/mol. The molecule has 0 aromatic carbocycles. The zero-order valence-electron chi connectivity index (χ0n) is 7.12. The molecule has 1 unspecified atom stereocenters. The van der Waals surface area contributed by atoms with Gasteiger partial charge in [0.05, 0.1) is 5.25 Å². The molecule has 5 heteroatoms. The topological polar surface area (TPSA) is 55.4 Å². The summed E-state index contributed by atoms with van der Waals surface area (Å²) >= 11 is 1.29. The molecule has 1 aliphatic rings. The smallest absolute Gasteiger partial charge is 0.259 e. The second kappa shape index (κ2) is 8.20. The van der Waals surface area contributed by atoms with Crippen LogP contribution < -0.4 is 5.73 Å². The molecular formula is C7H12N2OSY-2. The molecule has 2 N–H and O–H groups in total. The zero-order valence-corrected chi connectivity index (χ0v) is 10.8. The Balaban J connectivity index is 0. The number of carbonyl (C=O) groups is 1. The van der Waals surface area contributed by atoms with Crippen molar-refractivity contribution in [2.75, 3.05) is 0 Å². The minimum absolute atomic E-state index is 0. The maximum absolute atomic E-state index is 10.7. The molecule has 0 bridgehead atoms. The number of amides is 1. The number of hydrogen-bond acceptors (Lipinski definition) is 3. The van der Waals surface area contributed by atoms with Crippen LogP contribution in [0.3, 0.4) is 0 Å². The summed E-state index contributed by atoms with van der Waals surface area (Å²) in [6.45, 7) is 8.58. The third-order valence-corrected chi connectivity index (χ3v) is 2.08. The number of nitrogens with two attached hydrogens (primary N) is 1. The van der Waals surface area contributed by atoms with Gasteiger partial charge >= 0.3 is 0 Å². The van der Waals surface area contributed by atoms with Gasteiger partial charge in [0, 0.05) is 32.7 Å². The number of thioether (sulfide) groups is 1. The Bertz CT molecular complexity index is 173. The molecule has 0 fully saturated rings. The largest absolute Gasteiger partial charge is 0.378 e. The molecule has 0 aliphatic carbocycles. The summed E-state index contributed by atoms with van der Waals surface area (Å²) in [5.41, 5.74) is 5.26. The average Bonchev–Trinajstić information content (AvgIpc) is 2.33. The van der Waals surface area contributed by atoms with E-state index >= 15 is 0 Å². The summed E-state index contributed by atoms with van der Waals surface area (Å²) in [5, 5.41) is 0.249. The van der Waals surface area contributed by atoms with Crippen LogP contribution in [0.25, 0.3) is 0 Å². The Morgan fingerprint density at radius 3 is 2.33 bits per heavy atom. The fraction of sp³-hybridized carbons (Fsp3) is 0.429. The van der Waals surface area contributed by atoms with Crippen LogP contribution >= 0.6 is 11.8 Å². The van der Waals surface area contributed by atoms with E-state index in [1.165, 1.54) is 11.8 Å². The van der Waals surface area contributed by atoms with Crippen LogP contribution in [0.1, 0.15) is 13.3 Å². The molecule has 67 valence electrons. The van der Waals surface area contributed by atoms with Crippen molar-refractivity contribution in [1.82, 2.24) is 0 Å². The second-order valence-electron chi connectivity index (χ2n) is 1.68. The van der Waals surface area contributed by atoms with Gasteiger partial charge in [-0.15, -0.1) is 0 Å². The van der Waals surface area contributed by atoms with Gasteiger partial charge in [0.15, 0.2) is 5.17 Å². The second-order valence-corrected chi connectivity index (χ2v) is 2.91. The Labute approximate surface area is 103 Å². The number of carbonyl (C=O) groups excluding carboxylic acids is 1. The van der Waals surface area contributed by atoms with Crippen molar-refractivity contribution in [3.63, 3.8) is 0 Å². The van der Waals surface area contributed by atoms with Crippen LogP contribution in [0.15, 0.2) is 4.99 Å². The third-order valence-electron chi connectivity index (χ3n) is 1.02. The molecule has 1 heterocycles. The Morgan fingerprint density at radius 2 is 2.17 bits per heavy atom. The van der Waals surface area contributed by atoms with E-state index in [0.29, 0.717) is 11.6 Å². The van der Waals surface area contributed by atoms with Crippen molar-refractivity contribution in [3.05, 3.63) is 13.8 Å².